The third-order valence-corrected chi connectivity index (χ3v) is 4.06. The van der Waals surface area contributed by atoms with Crippen LogP contribution in [0.25, 0.3) is 10.8 Å². The molecule has 0 unspecified atom stereocenters. The molecule has 1 saturated heterocycles. The molecule has 0 radical (unpaired) electrons. The molecular weight excluding hydrogens is 310 g/mol. The van der Waals surface area contributed by atoms with Crippen molar-refractivity contribution >= 4 is 34.3 Å². The van der Waals surface area contributed by atoms with E-state index in [1.807, 2.05) is 30.3 Å². The molecule has 1 atom stereocenters. The molecule has 0 amide bonds. The number of fused-ring (bicyclic) bond motifs is 1. The van der Waals surface area contributed by atoms with E-state index in [9.17, 15) is 5.11 Å². The van der Waals surface area contributed by atoms with Gasteiger partial charge in [-0.15, -0.1) is 0 Å². The lowest BCUT2D eigenvalue weighted by Crippen LogP contribution is -2.37. The van der Waals surface area contributed by atoms with Crippen LogP contribution >= 0.6 is 12.2 Å². The van der Waals surface area contributed by atoms with E-state index in [2.05, 4.69) is 15.8 Å². The second kappa shape index (κ2) is 7.39. The molecule has 0 bridgehead atoms. The highest BCUT2D eigenvalue weighted by atomic mass is 32.1. The molecule has 1 aliphatic rings. The van der Waals surface area contributed by atoms with Gasteiger partial charge in [-0.3, -0.25) is 5.43 Å². The zero-order valence-corrected chi connectivity index (χ0v) is 13.5. The number of aromatic hydroxyl groups is 1. The number of hydrogen-bond donors (Lipinski definition) is 3. The molecule has 6 heteroatoms. The fourth-order valence-electron chi connectivity index (χ4n) is 2.63. The van der Waals surface area contributed by atoms with Crippen LogP contribution in [0.15, 0.2) is 41.5 Å². The molecule has 0 spiro atoms. The number of phenols is 1. The lowest BCUT2D eigenvalue weighted by atomic mass is 10.0. The Balaban J connectivity index is 1.61. The summed E-state index contributed by atoms with van der Waals surface area (Å²) >= 11 is 5.18. The van der Waals surface area contributed by atoms with E-state index in [0.717, 1.165) is 30.2 Å². The molecule has 5 nitrogen and oxygen atoms in total. The molecule has 120 valence electrons. The first-order valence-electron chi connectivity index (χ1n) is 7.63. The van der Waals surface area contributed by atoms with E-state index in [0.29, 0.717) is 17.2 Å². The highest BCUT2D eigenvalue weighted by Crippen LogP contribution is 2.25. The molecule has 3 N–H and O–H groups in total. The number of nitrogens with zero attached hydrogens (tertiary/aromatic N) is 1. The summed E-state index contributed by atoms with van der Waals surface area (Å²) in [5.41, 5.74) is 3.43. The molecule has 1 fully saturated rings. The zero-order chi connectivity index (χ0) is 16.1. The minimum absolute atomic E-state index is 0.187. The van der Waals surface area contributed by atoms with Crippen molar-refractivity contribution in [3.05, 3.63) is 42.0 Å². The molecule has 1 heterocycles. The van der Waals surface area contributed by atoms with Gasteiger partial charge in [0.25, 0.3) is 0 Å². The summed E-state index contributed by atoms with van der Waals surface area (Å²) in [7, 11) is 0. The van der Waals surface area contributed by atoms with Crippen molar-refractivity contribution in [2.45, 2.75) is 18.9 Å². The Labute approximate surface area is 140 Å². The van der Waals surface area contributed by atoms with Crippen LogP contribution in [0.2, 0.25) is 0 Å². The van der Waals surface area contributed by atoms with Gasteiger partial charge >= 0.3 is 0 Å². The second-order valence-corrected chi connectivity index (χ2v) is 5.84. The molecular formula is C17H19N3O2S. The molecule has 23 heavy (non-hydrogen) atoms. The summed E-state index contributed by atoms with van der Waals surface area (Å²) in [5.74, 6) is 0.187. The number of nitrogens with one attached hydrogen (secondary N) is 2. The minimum atomic E-state index is 0.187. The topological polar surface area (TPSA) is 65.9 Å². The van der Waals surface area contributed by atoms with Gasteiger partial charge in [0, 0.05) is 18.7 Å². The van der Waals surface area contributed by atoms with Crippen molar-refractivity contribution in [2.75, 3.05) is 13.2 Å². The maximum Gasteiger partial charge on any atom is 0.187 e. The van der Waals surface area contributed by atoms with Crippen molar-refractivity contribution in [2.24, 2.45) is 5.10 Å². The summed E-state index contributed by atoms with van der Waals surface area (Å²) in [5, 5.41) is 19.7. The molecule has 2 aromatic carbocycles. The van der Waals surface area contributed by atoms with Crippen molar-refractivity contribution in [1.82, 2.24) is 10.7 Å². The number of hydrogen-bond acceptors (Lipinski definition) is 4. The average molecular weight is 329 g/mol. The molecule has 0 saturated carbocycles. The Kier molecular flexibility index (Phi) is 5.05. The van der Waals surface area contributed by atoms with Crippen molar-refractivity contribution in [3.8, 4) is 5.75 Å². The van der Waals surface area contributed by atoms with E-state index in [1.165, 1.54) is 0 Å². The monoisotopic (exact) mass is 329 g/mol. The molecule has 0 aliphatic carbocycles. The first kappa shape index (κ1) is 15.7. The van der Waals surface area contributed by atoms with Crippen LogP contribution in [-0.4, -0.2) is 35.7 Å². The predicted molar refractivity (Wildman–Crippen MR) is 95.9 cm³/mol. The Morgan fingerprint density at radius 2 is 2.22 bits per heavy atom. The third-order valence-electron chi connectivity index (χ3n) is 3.82. The fraction of sp³-hybridized carbons (Fsp3) is 0.294. The van der Waals surface area contributed by atoms with Gasteiger partial charge in [0.1, 0.15) is 5.75 Å². The Hall–Kier alpha value is -2.18. The highest BCUT2D eigenvalue weighted by Gasteiger charge is 2.15. The van der Waals surface area contributed by atoms with Crippen LogP contribution in [-0.2, 0) is 4.74 Å². The fourth-order valence-corrected chi connectivity index (χ4v) is 2.76. The van der Waals surface area contributed by atoms with Crippen molar-refractivity contribution < 1.29 is 9.84 Å². The summed E-state index contributed by atoms with van der Waals surface area (Å²) in [6.07, 6.45) is 3.96. The molecule has 3 rings (SSSR count). The number of rotatable bonds is 4. The van der Waals surface area contributed by atoms with Crippen LogP contribution in [0.5, 0.6) is 5.75 Å². The maximum absolute atomic E-state index is 10.0. The van der Waals surface area contributed by atoms with Crippen LogP contribution < -0.4 is 10.7 Å². The van der Waals surface area contributed by atoms with Crippen molar-refractivity contribution in [3.63, 3.8) is 0 Å². The summed E-state index contributed by atoms with van der Waals surface area (Å²) in [6, 6.07) is 11.4. The Morgan fingerprint density at radius 1 is 1.35 bits per heavy atom. The molecule has 0 aromatic heterocycles. The van der Waals surface area contributed by atoms with Crippen LogP contribution in [0.4, 0.5) is 0 Å². The number of benzene rings is 2. The number of thiocarbonyl (C=S) groups is 1. The first-order valence-corrected chi connectivity index (χ1v) is 8.04. The van der Waals surface area contributed by atoms with Gasteiger partial charge in [-0.1, -0.05) is 30.3 Å². The standard InChI is InChI=1S/C17H19N3O2S/c21-16-8-7-12-4-1-2-6-14(12)15(16)11-19-20-17(23)18-10-13-5-3-9-22-13/h1-2,4,6-8,11,13,21H,3,5,9-10H2,(H2,18,20,23)/b19-11+/t13-/m1/s1. The summed E-state index contributed by atoms with van der Waals surface area (Å²) < 4.78 is 5.52. The van der Waals surface area contributed by atoms with Crippen molar-refractivity contribution in [1.29, 1.82) is 0 Å². The Bertz CT molecular complexity index is 727. The van der Waals surface area contributed by atoms with Gasteiger partial charge in [-0.25, -0.2) is 0 Å². The third kappa shape index (κ3) is 3.97. The van der Waals surface area contributed by atoms with Gasteiger partial charge in [0.2, 0.25) is 0 Å². The lowest BCUT2D eigenvalue weighted by molar-refractivity contribution is 0.114. The molecule has 1 aliphatic heterocycles. The van der Waals surface area contributed by atoms with E-state index in [4.69, 9.17) is 17.0 Å². The number of hydrazone groups is 1. The quantitative estimate of drug-likeness (QED) is 0.457. The van der Waals surface area contributed by atoms with Gasteiger partial charge in [0.05, 0.1) is 12.3 Å². The summed E-state index contributed by atoms with van der Waals surface area (Å²) in [4.78, 5) is 0. The summed E-state index contributed by atoms with van der Waals surface area (Å²) in [6.45, 7) is 1.51. The lowest BCUT2D eigenvalue weighted by Gasteiger charge is -2.11. The average Bonchev–Trinajstić information content (AvgIpc) is 3.08. The van der Waals surface area contributed by atoms with Gasteiger partial charge in [0.15, 0.2) is 5.11 Å². The second-order valence-electron chi connectivity index (χ2n) is 5.43. The number of ether oxygens (including phenoxy) is 1. The van der Waals surface area contributed by atoms with Crippen LogP contribution in [0, 0.1) is 0 Å². The SMILES string of the molecule is Oc1ccc2ccccc2c1/C=N/NC(=S)NC[C@H]1CCCO1. The Morgan fingerprint density at radius 3 is 3.04 bits per heavy atom. The predicted octanol–water partition coefficient (Wildman–Crippen LogP) is 2.52. The van der Waals surface area contributed by atoms with Crippen LogP contribution in [0.1, 0.15) is 18.4 Å². The first-order chi connectivity index (χ1) is 11.2. The van der Waals surface area contributed by atoms with E-state index in [1.54, 1.807) is 12.3 Å². The smallest absolute Gasteiger partial charge is 0.187 e. The number of phenolic OH excluding ortho intramolecular Hbond substituents is 1. The minimum Gasteiger partial charge on any atom is -0.507 e. The largest absolute Gasteiger partial charge is 0.507 e. The highest BCUT2D eigenvalue weighted by molar-refractivity contribution is 7.80. The van der Waals surface area contributed by atoms with Crippen LogP contribution in [0.3, 0.4) is 0 Å². The normalized spacial score (nSPS) is 17.7. The van der Waals surface area contributed by atoms with Gasteiger partial charge < -0.3 is 15.2 Å². The van der Waals surface area contributed by atoms with Gasteiger partial charge in [-0.2, -0.15) is 5.10 Å². The maximum atomic E-state index is 10.0. The molecule has 2 aromatic rings. The van der Waals surface area contributed by atoms with E-state index in [-0.39, 0.29) is 11.9 Å². The van der Waals surface area contributed by atoms with Gasteiger partial charge in [-0.05, 0) is 41.9 Å². The zero-order valence-electron chi connectivity index (χ0n) is 12.7. The van der Waals surface area contributed by atoms with E-state index < -0.39 is 0 Å². The van der Waals surface area contributed by atoms with E-state index >= 15 is 0 Å².